The number of esters is 3. The van der Waals surface area contributed by atoms with Gasteiger partial charge in [-0.2, -0.15) is 0 Å². The molecule has 2 bridgehead atoms. The summed E-state index contributed by atoms with van der Waals surface area (Å²) in [5, 5.41) is 51.6. The fourth-order valence-electron chi connectivity index (χ4n) is 9.56. The Balaban J connectivity index is 1.49. The Morgan fingerprint density at radius 3 is 2.10 bits per heavy atom. The number of aliphatic hydroxyl groups is 4. The van der Waals surface area contributed by atoms with E-state index in [9.17, 15) is 44.4 Å². The lowest BCUT2D eigenvalue weighted by Gasteiger charge is -2.67. The van der Waals surface area contributed by atoms with Gasteiger partial charge in [-0.25, -0.2) is 14.4 Å². The van der Waals surface area contributed by atoms with E-state index in [2.05, 4.69) is 5.32 Å². The minimum atomic E-state index is -2.35. The molecule has 0 spiro atoms. The van der Waals surface area contributed by atoms with Crippen molar-refractivity contribution in [2.45, 2.75) is 128 Å². The van der Waals surface area contributed by atoms with Gasteiger partial charge in [-0.05, 0) is 63.5 Å². The van der Waals surface area contributed by atoms with Gasteiger partial charge in [0, 0.05) is 25.2 Å². The van der Waals surface area contributed by atoms with Crippen molar-refractivity contribution < 1.29 is 68.1 Å². The Labute approximate surface area is 336 Å². The van der Waals surface area contributed by atoms with Crippen LogP contribution >= 0.6 is 0 Å². The van der Waals surface area contributed by atoms with Crippen LogP contribution in [0.2, 0.25) is 0 Å². The second-order valence-electron chi connectivity index (χ2n) is 17.6. The minimum absolute atomic E-state index is 0.0637. The van der Waals surface area contributed by atoms with E-state index in [1.54, 1.807) is 83.1 Å². The first-order valence-corrected chi connectivity index (χ1v) is 19.3. The highest BCUT2D eigenvalue weighted by Gasteiger charge is 2.78. The van der Waals surface area contributed by atoms with E-state index in [-0.39, 0.29) is 29.7 Å². The van der Waals surface area contributed by atoms with Gasteiger partial charge in [0.2, 0.25) is 0 Å². The average molecular weight is 808 g/mol. The topological polar surface area (TPSA) is 224 Å². The standard InChI is InChI=1S/C43H53NO14/c1-22-26(55-37(51)32(48)30(24-15-11-9-12-16-24)44-38(52)58-39(3,4)5)20-43(53)35(56-36(50)25-17-13-10-14-18-25)33-41(8,34(49)31(47)29(22)40(43,6)7)27(46)19-28-42(33,21-54-28)57-23(2)45/h9-18,26-28,30-33,35,46-48,53H,19-21H2,1-8H3,(H,44,52)/t26-,27+,28-,30+,31-,32+,33+,35+,41-,42+,43-/m1/s1. The number of benzene rings is 2. The summed E-state index contributed by atoms with van der Waals surface area (Å²) in [4.78, 5) is 68.9. The quantitative estimate of drug-likeness (QED) is 0.147. The van der Waals surface area contributed by atoms with Crippen molar-refractivity contribution in [3.8, 4) is 0 Å². The number of nitrogens with one attached hydrogen (secondary N) is 1. The zero-order valence-corrected chi connectivity index (χ0v) is 33.9. The highest BCUT2D eigenvalue weighted by molar-refractivity contribution is 5.94. The molecule has 1 saturated heterocycles. The Morgan fingerprint density at radius 1 is 0.948 bits per heavy atom. The maximum Gasteiger partial charge on any atom is 0.408 e. The Hall–Kier alpha value is -4.67. The van der Waals surface area contributed by atoms with Crippen LogP contribution in [-0.4, -0.2) is 110 Å². The lowest BCUT2D eigenvalue weighted by molar-refractivity contribution is -0.346. The molecule has 314 valence electrons. The van der Waals surface area contributed by atoms with Crippen molar-refractivity contribution in [2.75, 3.05) is 6.61 Å². The van der Waals surface area contributed by atoms with E-state index >= 15 is 0 Å². The largest absolute Gasteiger partial charge is 0.456 e. The van der Waals surface area contributed by atoms with Gasteiger partial charge in [-0.3, -0.25) is 9.59 Å². The van der Waals surface area contributed by atoms with Crippen LogP contribution in [0.1, 0.15) is 90.2 Å². The summed E-state index contributed by atoms with van der Waals surface area (Å²) in [6, 6.07) is 14.6. The van der Waals surface area contributed by atoms with Crippen molar-refractivity contribution in [3.05, 3.63) is 82.9 Å². The van der Waals surface area contributed by atoms with E-state index in [4.69, 9.17) is 23.7 Å². The van der Waals surface area contributed by atoms with E-state index in [1.807, 2.05) is 0 Å². The number of hydrogen-bond acceptors (Lipinski definition) is 14. The average Bonchev–Trinajstić information content (AvgIpc) is 3.14. The van der Waals surface area contributed by atoms with Gasteiger partial charge in [-0.15, -0.1) is 0 Å². The fraction of sp³-hybridized carbons (Fsp3) is 0.558. The lowest BCUT2D eigenvalue weighted by Crippen LogP contribution is -2.81. The molecule has 2 aromatic carbocycles. The van der Waals surface area contributed by atoms with E-state index < -0.39 is 112 Å². The van der Waals surface area contributed by atoms with Crippen molar-refractivity contribution in [1.82, 2.24) is 5.32 Å². The van der Waals surface area contributed by atoms with Crippen LogP contribution in [0.15, 0.2) is 71.8 Å². The maximum atomic E-state index is 14.9. The van der Waals surface area contributed by atoms with E-state index in [1.165, 1.54) is 26.0 Å². The lowest BCUT2D eigenvalue weighted by atomic mass is 9.44. The van der Waals surface area contributed by atoms with Crippen LogP contribution in [0.4, 0.5) is 4.79 Å². The smallest absolute Gasteiger partial charge is 0.408 e. The Kier molecular flexibility index (Phi) is 11.2. The Morgan fingerprint density at radius 2 is 1.55 bits per heavy atom. The number of aliphatic hydroxyl groups excluding tert-OH is 3. The van der Waals surface area contributed by atoms with Crippen molar-refractivity contribution in [1.29, 1.82) is 0 Å². The van der Waals surface area contributed by atoms with Gasteiger partial charge < -0.3 is 49.4 Å². The van der Waals surface area contributed by atoms with Crippen LogP contribution < -0.4 is 5.32 Å². The number of carbonyl (C=O) groups excluding carboxylic acids is 5. The highest BCUT2D eigenvalue weighted by Crippen LogP contribution is 2.64. The van der Waals surface area contributed by atoms with Crippen molar-refractivity contribution in [2.24, 2.45) is 16.7 Å². The SMILES string of the molecule is CC(=O)O[C@@]12CO[C@@H]1C[C@H](O)[C@@]1(C)C(=O)[C@H](O)C3=C(C)[C@H](OC(=O)[C@@H](O)[C@@H](NC(=O)OC(C)(C)C)c4ccccc4)C[C@@](O)([C@@H](OC(=O)c4ccccc4)[C@H]21)C3(C)C. The fourth-order valence-corrected chi connectivity index (χ4v) is 9.56. The molecule has 1 heterocycles. The molecule has 1 aliphatic heterocycles. The van der Waals surface area contributed by atoms with Gasteiger partial charge in [0.05, 0.1) is 35.6 Å². The molecule has 0 aromatic heterocycles. The molecule has 1 amide bonds. The molecule has 58 heavy (non-hydrogen) atoms. The molecule has 3 aliphatic carbocycles. The molecule has 0 radical (unpaired) electrons. The molecule has 2 saturated carbocycles. The predicted octanol–water partition coefficient (Wildman–Crippen LogP) is 3.26. The summed E-state index contributed by atoms with van der Waals surface area (Å²) in [5.74, 6) is -5.36. The maximum absolute atomic E-state index is 14.9. The number of rotatable bonds is 8. The molecule has 3 fully saturated rings. The number of fused-ring (bicyclic) bond motifs is 5. The van der Waals surface area contributed by atoms with Gasteiger partial charge in [0.25, 0.3) is 0 Å². The number of amides is 1. The molecule has 11 atom stereocenters. The van der Waals surface area contributed by atoms with Gasteiger partial charge >= 0.3 is 24.0 Å². The molecule has 4 aliphatic rings. The van der Waals surface area contributed by atoms with Crippen LogP contribution in [0.3, 0.4) is 0 Å². The van der Waals surface area contributed by atoms with Crippen LogP contribution in [0, 0.1) is 16.7 Å². The number of hydrogen-bond donors (Lipinski definition) is 5. The number of Topliss-reactive ketones (excluding diaryl/α,β-unsaturated/α-hetero) is 1. The third kappa shape index (κ3) is 7.10. The molecule has 2 aromatic rings. The van der Waals surface area contributed by atoms with Crippen LogP contribution in [0.25, 0.3) is 0 Å². The number of carbonyl (C=O) groups is 5. The van der Waals surface area contributed by atoms with Gasteiger partial charge in [0.15, 0.2) is 17.5 Å². The summed E-state index contributed by atoms with van der Waals surface area (Å²) < 4.78 is 29.5. The van der Waals surface area contributed by atoms with E-state index in [0.717, 1.165) is 6.92 Å². The molecule has 15 heteroatoms. The third-order valence-corrected chi connectivity index (χ3v) is 12.6. The second-order valence-corrected chi connectivity index (χ2v) is 17.6. The number of ether oxygens (including phenoxy) is 5. The zero-order chi connectivity index (χ0) is 42.7. The second kappa shape index (κ2) is 15.2. The zero-order valence-electron chi connectivity index (χ0n) is 33.9. The molecular formula is C43H53NO14. The number of ketones is 1. The van der Waals surface area contributed by atoms with Crippen molar-refractivity contribution in [3.63, 3.8) is 0 Å². The minimum Gasteiger partial charge on any atom is -0.456 e. The first-order chi connectivity index (χ1) is 27.0. The Bertz CT molecular complexity index is 1980. The molecule has 6 rings (SSSR count). The van der Waals surface area contributed by atoms with Crippen LogP contribution in [0.5, 0.6) is 0 Å². The number of alkyl carbamates (subject to hydrolysis) is 1. The molecule has 0 unspecified atom stereocenters. The molecular weight excluding hydrogens is 754 g/mol. The van der Waals surface area contributed by atoms with Gasteiger partial charge in [0.1, 0.15) is 35.6 Å². The van der Waals surface area contributed by atoms with Crippen molar-refractivity contribution >= 4 is 29.8 Å². The van der Waals surface area contributed by atoms with Gasteiger partial charge in [-0.1, -0.05) is 62.4 Å². The summed E-state index contributed by atoms with van der Waals surface area (Å²) in [6.07, 6.45) is -11.5. The van der Waals surface area contributed by atoms with Crippen LogP contribution in [-0.2, 0) is 38.1 Å². The first kappa shape index (κ1) is 42.9. The molecule has 15 nitrogen and oxygen atoms in total. The molecule has 5 N–H and O–H groups in total. The summed E-state index contributed by atoms with van der Waals surface area (Å²) in [5.41, 5.74) is -8.14. The predicted molar refractivity (Wildman–Crippen MR) is 204 cm³/mol. The summed E-state index contributed by atoms with van der Waals surface area (Å²) in [7, 11) is 0. The highest BCUT2D eigenvalue weighted by atomic mass is 16.6. The normalized spacial score (nSPS) is 33.7. The third-order valence-electron chi connectivity index (χ3n) is 12.6. The first-order valence-electron chi connectivity index (χ1n) is 19.3. The monoisotopic (exact) mass is 807 g/mol. The summed E-state index contributed by atoms with van der Waals surface area (Å²) >= 11 is 0. The van der Waals surface area contributed by atoms with E-state index in [0.29, 0.717) is 5.56 Å². The summed E-state index contributed by atoms with van der Waals surface area (Å²) in [6.45, 7) is 11.8.